The molecule has 0 spiro atoms. The second-order valence-electron chi connectivity index (χ2n) is 6.34. The first kappa shape index (κ1) is 21.7. The maximum absolute atomic E-state index is 13.2. The summed E-state index contributed by atoms with van der Waals surface area (Å²) in [7, 11) is 1.50. The molecule has 5 nitrogen and oxygen atoms in total. The van der Waals surface area contributed by atoms with Gasteiger partial charge in [-0.15, -0.1) is 0 Å². The lowest BCUT2D eigenvalue weighted by Gasteiger charge is -2.15. The number of nitrogens with one attached hydrogen (secondary N) is 1. The zero-order valence-electron chi connectivity index (χ0n) is 16.1. The zero-order chi connectivity index (χ0) is 20.7. The van der Waals surface area contributed by atoms with Crippen LogP contribution < -0.4 is 14.8 Å². The molecule has 28 heavy (non-hydrogen) atoms. The van der Waals surface area contributed by atoms with Crippen molar-refractivity contribution < 1.29 is 23.5 Å². The SMILES string of the molecule is COc1cc(C(C)=O)ccc1OCCCC(=O)NC(C)c1ccc(F)c(Cl)c1. The molecule has 0 aliphatic rings. The number of amides is 1. The summed E-state index contributed by atoms with van der Waals surface area (Å²) in [5, 5.41) is 2.87. The number of methoxy groups -OCH3 is 1. The summed E-state index contributed by atoms with van der Waals surface area (Å²) < 4.78 is 24.1. The average molecular weight is 408 g/mol. The first-order valence-corrected chi connectivity index (χ1v) is 9.25. The van der Waals surface area contributed by atoms with Gasteiger partial charge in [-0.05, 0) is 56.2 Å². The molecule has 0 aromatic heterocycles. The molecule has 0 radical (unpaired) electrons. The lowest BCUT2D eigenvalue weighted by atomic mass is 10.1. The maximum atomic E-state index is 13.2. The van der Waals surface area contributed by atoms with Crippen LogP contribution in [0, 0.1) is 5.82 Å². The van der Waals surface area contributed by atoms with Crippen molar-refractivity contribution in [3.05, 3.63) is 58.4 Å². The molecule has 0 heterocycles. The van der Waals surface area contributed by atoms with Crippen molar-refractivity contribution in [3.8, 4) is 11.5 Å². The number of hydrogen-bond acceptors (Lipinski definition) is 4. The number of rotatable bonds is 9. The van der Waals surface area contributed by atoms with E-state index >= 15 is 0 Å². The number of halogens is 2. The minimum Gasteiger partial charge on any atom is -0.493 e. The van der Waals surface area contributed by atoms with Gasteiger partial charge in [0.15, 0.2) is 17.3 Å². The van der Waals surface area contributed by atoms with Crippen LogP contribution in [0.1, 0.15) is 48.7 Å². The van der Waals surface area contributed by atoms with Crippen molar-refractivity contribution in [3.63, 3.8) is 0 Å². The Morgan fingerprint density at radius 3 is 2.57 bits per heavy atom. The van der Waals surface area contributed by atoms with Gasteiger partial charge in [0.05, 0.1) is 24.8 Å². The highest BCUT2D eigenvalue weighted by molar-refractivity contribution is 6.30. The topological polar surface area (TPSA) is 64.6 Å². The maximum Gasteiger partial charge on any atom is 0.220 e. The number of benzene rings is 2. The van der Waals surface area contributed by atoms with E-state index < -0.39 is 5.82 Å². The van der Waals surface area contributed by atoms with Crippen LogP contribution in [0.5, 0.6) is 11.5 Å². The van der Waals surface area contributed by atoms with E-state index in [9.17, 15) is 14.0 Å². The molecule has 7 heteroatoms. The molecule has 0 fully saturated rings. The number of carbonyl (C=O) groups is 2. The van der Waals surface area contributed by atoms with Gasteiger partial charge >= 0.3 is 0 Å². The van der Waals surface area contributed by atoms with Crippen LogP contribution >= 0.6 is 11.6 Å². The summed E-state index contributed by atoms with van der Waals surface area (Å²) in [4.78, 5) is 23.5. The Balaban J connectivity index is 1.81. The van der Waals surface area contributed by atoms with Gasteiger partial charge in [0.2, 0.25) is 5.91 Å². The molecule has 1 unspecified atom stereocenters. The fourth-order valence-corrected chi connectivity index (χ4v) is 2.79. The van der Waals surface area contributed by atoms with E-state index in [4.69, 9.17) is 21.1 Å². The molecule has 0 saturated heterocycles. The van der Waals surface area contributed by atoms with Gasteiger partial charge < -0.3 is 14.8 Å². The smallest absolute Gasteiger partial charge is 0.220 e. The Kier molecular flexibility index (Phi) is 7.81. The summed E-state index contributed by atoms with van der Waals surface area (Å²) >= 11 is 5.77. The van der Waals surface area contributed by atoms with Gasteiger partial charge in [-0.2, -0.15) is 0 Å². The van der Waals surface area contributed by atoms with Crippen molar-refractivity contribution >= 4 is 23.3 Å². The zero-order valence-corrected chi connectivity index (χ0v) is 16.8. The molecule has 1 atom stereocenters. The normalized spacial score (nSPS) is 11.6. The molecular weight excluding hydrogens is 385 g/mol. The predicted octanol–water partition coefficient (Wildman–Crippen LogP) is 4.73. The van der Waals surface area contributed by atoms with Gasteiger partial charge in [-0.1, -0.05) is 17.7 Å². The van der Waals surface area contributed by atoms with Crippen molar-refractivity contribution in [2.24, 2.45) is 0 Å². The highest BCUT2D eigenvalue weighted by atomic mass is 35.5. The highest BCUT2D eigenvalue weighted by Crippen LogP contribution is 2.28. The van der Waals surface area contributed by atoms with E-state index in [2.05, 4.69) is 5.32 Å². The van der Waals surface area contributed by atoms with Gasteiger partial charge in [-0.25, -0.2) is 4.39 Å². The number of ether oxygens (including phenoxy) is 2. The third kappa shape index (κ3) is 5.96. The van der Waals surface area contributed by atoms with E-state index in [1.807, 2.05) is 0 Å². The van der Waals surface area contributed by atoms with E-state index in [0.717, 1.165) is 5.56 Å². The summed E-state index contributed by atoms with van der Waals surface area (Å²) in [5.74, 6) is 0.294. The first-order chi connectivity index (χ1) is 13.3. The third-order valence-electron chi connectivity index (χ3n) is 4.20. The van der Waals surface area contributed by atoms with Crippen LogP contribution in [-0.4, -0.2) is 25.4 Å². The summed E-state index contributed by atoms with van der Waals surface area (Å²) in [6, 6.07) is 9.05. The Bertz CT molecular complexity index is 856. The largest absolute Gasteiger partial charge is 0.493 e. The fraction of sp³-hybridized carbons (Fsp3) is 0.333. The predicted molar refractivity (Wildman–Crippen MR) is 106 cm³/mol. The standard InChI is InChI=1S/C21H23ClFNO4/c1-13(15-6-8-18(23)17(22)11-15)24-21(26)5-4-10-28-19-9-7-16(14(2)25)12-20(19)27-3/h6-9,11-13H,4-5,10H2,1-3H3,(H,24,26). The van der Waals surface area contributed by atoms with Gasteiger partial charge in [0.25, 0.3) is 0 Å². The summed E-state index contributed by atoms with van der Waals surface area (Å²) in [6.07, 6.45) is 0.771. The van der Waals surface area contributed by atoms with Gasteiger partial charge in [0.1, 0.15) is 5.82 Å². The molecule has 2 rings (SSSR count). The monoisotopic (exact) mass is 407 g/mol. The van der Waals surface area contributed by atoms with E-state index in [0.29, 0.717) is 30.1 Å². The lowest BCUT2D eigenvalue weighted by molar-refractivity contribution is -0.121. The van der Waals surface area contributed by atoms with Crippen LogP contribution in [0.25, 0.3) is 0 Å². The average Bonchev–Trinajstić information content (AvgIpc) is 2.67. The van der Waals surface area contributed by atoms with Crippen molar-refractivity contribution in [1.82, 2.24) is 5.32 Å². The molecule has 1 amide bonds. The number of carbonyl (C=O) groups excluding carboxylic acids is 2. The van der Waals surface area contributed by atoms with Crippen LogP contribution in [0.2, 0.25) is 5.02 Å². The number of ketones is 1. The Labute approximate surface area is 168 Å². The number of Topliss-reactive ketones (excluding diaryl/α,β-unsaturated/α-hetero) is 1. The van der Waals surface area contributed by atoms with E-state index in [1.165, 1.54) is 26.2 Å². The molecule has 0 aliphatic carbocycles. The second-order valence-corrected chi connectivity index (χ2v) is 6.74. The van der Waals surface area contributed by atoms with Crippen LogP contribution in [0.3, 0.4) is 0 Å². The molecular formula is C21H23ClFNO4. The van der Waals surface area contributed by atoms with Crippen molar-refractivity contribution in [1.29, 1.82) is 0 Å². The summed E-state index contributed by atoms with van der Waals surface area (Å²) in [6.45, 7) is 3.61. The molecule has 1 N–H and O–H groups in total. The fourth-order valence-electron chi connectivity index (χ4n) is 2.60. The van der Waals surface area contributed by atoms with E-state index in [-0.39, 0.29) is 29.2 Å². The summed E-state index contributed by atoms with van der Waals surface area (Å²) in [5.41, 5.74) is 1.27. The third-order valence-corrected chi connectivity index (χ3v) is 4.49. The highest BCUT2D eigenvalue weighted by Gasteiger charge is 2.12. The van der Waals surface area contributed by atoms with Gasteiger partial charge in [-0.3, -0.25) is 9.59 Å². The molecule has 2 aromatic carbocycles. The van der Waals surface area contributed by atoms with E-state index in [1.54, 1.807) is 31.2 Å². The lowest BCUT2D eigenvalue weighted by Crippen LogP contribution is -2.26. The van der Waals surface area contributed by atoms with Crippen LogP contribution in [0.15, 0.2) is 36.4 Å². The Hall–Kier alpha value is -2.60. The Morgan fingerprint density at radius 2 is 1.93 bits per heavy atom. The quantitative estimate of drug-likeness (QED) is 0.482. The minimum absolute atomic E-state index is 0.0248. The van der Waals surface area contributed by atoms with Gasteiger partial charge in [0, 0.05) is 12.0 Å². The van der Waals surface area contributed by atoms with Crippen LogP contribution in [-0.2, 0) is 4.79 Å². The van der Waals surface area contributed by atoms with Crippen LogP contribution in [0.4, 0.5) is 4.39 Å². The molecule has 0 bridgehead atoms. The molecule has 0 saturated carbocycles. The molecule has 150 valence electrons. The second kappa shape index (κ2) is 10.1. The minimum atomic E-state index is -0.493. The molecule has 2 aromatic rings. The molecule has 0 aliphatic heterocycles. The Morgan fingerprint density at radius 1 is 1.18 bits per heavy atom. The van der Waals surface area contributed by atoms with Crippen molar-refractivity contribution in [2.75, 3.05) is 13.7 Å². The van der Waals surface area contributed by atoms with Crippen molar-refractivity contribution in [2.45, 2.75) is 32.7 Å². The first-order valence-electron chi connectivity index (χ1n) is 8.88. The number of hydrogen-bond donors (Lipinski definition) is 1.